The Bertz CT molecular complexity index is 387. The fourth-order valence-corrected chi connectivity index (χ4v) is 1.56. The molecule has 0 unspecified atom stereocenters. The Balaban J connectivity index is 2.25. The van der Waals surface area contributed by atoms with Crippen LogP contribution in [0.25, 0.3) is 6.08 Å². The van der Waals surface area contributed by atoms with Crippen LogP contribution in [0.15, 0.2) is 30.3 Å². The largest absolute Gasteiger partial charge is 0.396 e. The zero-order valence-electron chi connectivity index (χ0n) is 10.2. The second-order valence-corrected chi connectivity index (χ2v) is 4.40. The number of rotatable bonds is 7. The Morgan fingerprint density at radius 1 is 1.22 bits per heavy atom. The van der Waals surface area contributed by atoms with E-state index < -0.39 is 0 Å². The Morgan fingerprint density at radius 2 is 1.94 bits per heavy atom. The molecule has 0 saturated carbocycles. The minimum absolute atomic E-state index is 0.103. The van der Waals surface area contributed by atoms with Crippen LogP contribution >= 0.6 is 11.6 Å². The van der Waals surface area contributed by atoms with Gasteiger partial charge in [0.15, 0.2) is 0 Å². The maximum atomic E-state index is 11.4. The van der Waals surface area contributed by atoms with E-state index in [1.807, 2.05) is 12.1 Å². The highest BCUT2D eigenvalue weighted by Crippen LogP contribution is 2.10. The number of hydrogen-bond acceptors (Lipinski definition) is 2. The van der Waals surface area contributed by atoms with Crippen molar-refractivity contribution < 1.29 is 9.90 Å². The van der Waals surface area contributed by atoms with Crippen LogP contribution in [0, 0.1) is 0 Å². The molecule has 0 aliphatic rings. The predicted molar refractivity (Wildman–Crippen MR) is 74.4 cm³/mol. The topological polar surface area (TPSA) is 49.3 Å². The quantitative estimate of drug-likeness (QED) is 0.589. The van der Waals surface area contributed by atoms with Crippen LogP contribution in [0.1, 0.15) is 24.8 Å². The van der Waals surface area contributed by atoms with Gasteiger partial charge in [-0.05, 0) is 43.0 Å². The number of halogens is 1. The fraction of sp³-hybridized carbons (Fsp3) is 0.357. The average Bonchev–Trinajstić information content (AvgIpc) is 2.38. The summed E-state index contributed by atoms with van der Waals surface area (Å²) in [5, 5.41) is 12.1. The number of benzene rings is 1. The third kappa shape index (κ3) is 6.42. The summed E-state index contributed by atoms with van der Waals surface area (Å²) in [5.74, 6) is -0.103. The number of aliphatic hydroxyl groups excluding tert-OH is 1. The highest BCUT2D eigenvalue weighted by Gasteiger charge is 1.95. The molecule has 4 heteroatoms. The van der Waals surface area contributed by atoms with Crippen molar-refractivity contribution in [1.29, 1.82) is 0 Å². The smallest absolute Gasteiger partial charge is 0.243 e. The molecule has 1 aromatic carbocycles. The Labute approximate surface area is 112 Å². The predicted octanol–water partition coefficient (Wildman–Crippen LogP) is 2.63. The van der Waals surface area contributed by atoms with Gasteiger partial charge in [0.1, 0.15) is 0 Å². The normalized spacial score (nSPS) is 10.8. The molecule has 0 fully saturated rings. The fourth-order valence-electron chi connectivity index (χ4n) is 1.43. The van der Waals surface area contributed by atoms with E-state index in [4.69, 9.17) is 16.7 Å². The number of amides is 1. The number of hydrogen-bond donors (Lipinski definition) is 2. The number of nitrogens with one attached hydrogen (secondary N) is 1. The van der Waals surface area contributed by atoms with Crippen molar-refractivity contribution >= 4 is 23.6 Å². The molecule has 0 bridgehead atoms. The molecular formula is C14H18ClNO2. The second-order valence-electron chi connectivity index (χ2n) is 3.96. The lowest BCUT2D eigenvalue weighted by Crippen LogP contribution is -2.22. The van der Waals surface area contributed by atoms with Crippen LogP contribution in [0.2, 0.25) is 5.02 Å². The summed E-state index contributed by atoms with van der Waals surface area (Å²) in [4.78, 5) is 11.4. The molecule has 98 valence electrons. The van der Waals surface area contributed by atoms with Crippen molar-refractivity contribution in [2.24, 2.45) is 0 Å². The molecule has 3 nitrogen and oxygen atoms in total. The number of carbonyl (C=O) groups is 1. The van der Waals surface area contributed by atoms with Crippen LogP contribution in [0.5, 0.6) is 0 Å². The van der Waals surface area contributed by atoms with E-state index in [1.165, 1.54) is 6.08 Å². The van der Waals surface area contributed by atoms with Gasteiger partial charge in [-0.25, -0.2) is 0 Å². The van der Waals surface area contributed by atoms with Crippen LogP contribution in [0.4, 0.5) is 0 Å². The number of carbonyl (C=O) groups excluding carboxylic acids is 1. The van der Waals surface area contributed by atoms with E-state index in [0.717, 1.165) is 24.8 Å². The van der Waals surface area contributed by atoms with Crippen molar-refractivity contribution in [1.82, 2.24) is 5.32 Å². The zero-order chi connectivity index (χ0) is 13.2. The summed E-state index contributed by atoms with van der Waals surface area (Å²) < 4.78 is 0. The summed E-state index contributed by atoms with van der Waals surface area (Å²) in [6.45, 7) is 0.855. The van der Waals surface area contributed by atoms with Gasteiger partial charge in [0.2, 0.25) is 5.91 Å². The molecule has 1 amide bonds. The van der Waals surface area contributed by atoms with Crippen LogP contribution in [-0.4, -0.2) is 24.2 Å². The maximum Gasteiger partial charge on any atom is 0.243 e. The Morgan fingerprint density at radius 3 is 2.61 bits per heavy atom. The SMILES string of the molecule is O=C(/C=C/c1ccc(Cl)cc1)NCCCCCO. The van der Waals surface area contributed by atoms with Gasteiger partial charge in [0.25, 0.3) is 0 Å². The molecule has 2 N–H and O–H groups in total. The van der Waals surface area contributed by atoms with E-state index in [1.54, 1.807) is 18.2 Å². The van der Waals surface area contributed by atoms with E-state index in [-0.39, 0.29) is 12.5 Å². The van der Waals surface area contributed by atoms with Gasteiger partial charge in [-0.2, -0.15) is 0 Å². The van der Waals surface area contributed by atoms with Gasteiger partial charge in [-0.3, -0.25) is 4.79 Å². The van der Waals surface area contributed by atoms with Crippen molar-refractivity contribution in [2.45, 2.75) is 19.3 Å². The molecule has 0 radical (unpaired) electrons. The third-order valence-electron chi connectivity index (χ3n) is 2.43. The summed E-state index contributed by atoms with van der Waals surface area (Å²) >= 11 is 5.76. The van der Waals surface area contributed by atoms with Gasteiger partial charge < -0.3 is 10.4 Å². The van der Waals surface area contributed by atoms with E-state index >= 15 is 0 Å². The molecule has 18 heavy (non-hydrogen) atoms. The molecule has 0 heterocycles. The molecule has 0 aliphatic heterocycles. The van der Waals surface area contributed by atoms with E-state index in [9.17, 15) is 4.79 Å². The number of unbranched alkanes of at least 4 members (excludes halogenated alkanes) is 2. The highest BCUT2D eigenvalue weighted by molar-refractivity contribution is 6.30. The minimum Gasteiger partial charge on any atom is -0.396 e. The first kappa shape index (κ1) is 14.7. The maximum absolute atomic E-state index is 11.4. The summed E-state index contributed by atoms with van der Waals surface area (Å²) in [7, 11) is 0. The van der Waals surface area contributed by atoms with Crippen LogP contribution in [0.3, 0.4) is 0 Å². The van der Waals surface area contributed by atoms with Gasteiger partial charge in [-0.15, -0.1) is 0 Å². The average molecular weight is 268 g/mol. The zero-order valence-corrected chi connectivity index (χ0v) is 11.0. The Kier molecular flexibility index (Phi) is 7.14. The van der Waals surface area contributed by atoms with Gasteiger partial charge in [0, 0.05) is 24.3 Å². The molecule has 0 spiro atoms. The molecule has 0 saturated heterocycles. The lowest BCUT2D eigenvalue weighted by Gasteiger charge is -2.01. The monoisotopic (exact) mass is 267 g/mol. The Hall–Kier alpha value is -1.32. The third-order valence-corrected chi connectivity index (χ3v) is 2.68. The standard InChI is InChI=1S/C14H18ClNO2/c15-13-7-4-12(5-8-13)6-9-14(18)16-10-2-1-3-11-17/h4-9,17H,1-3,10-11H2,(H,16,18)/b9-6+. The molecule has 0 aromatic heterocycles. The highest BCUT2D eigenvalue weighted by atomic mass is 35.5. The summed E-state index contributed by atoms with van der Waals surface area (Å²) in [6, 6.07) is 7.28. The minimum atomic E-state index is -0.103. The lowest BCUT2D eigenvalue weighted by atomic mass is 10.2. The van der Waals surface area contributed by atoms with Gasteiger partial charge >= 0.3 is 0 Å². The summed E-state index contributed by atoms with van der Waals surface area (Å²) in [5.41, 5.74) is 0.940. The van der Waals surface area contributed by atoms with Crippen molar-refractivity contribution in [2.75, 3.05) is 13.2 Å². The van der Waals surface area contributed by atoms with Gasteiger partial charge in [-0.1, -0.05) is 23.7 Å². The number of aliphatic hydroxyl groups is 1. The van der Waals surface area contributed by atoms with Crippen molar-refractivity contribution in [3.05, 3.63) is 40.9 Å². The molecule has 1 aromatic rings. The van der Waals surface area contributed by atoms with E-state index in [2.05, 4.69) is 5.32 Å². The van der Waals surface area contributed by atoms with Crippen LogP contribution in [-0.2, 0) is 4.79 Å². The molecule has 1 rings (SSSR count). The first-order valence-electron chi connectivity index (χ1n) is 6.04. The molecule has 0 aliphatic carbocycles. The second kappa shape index (κ2) is 8.72. The first-order valence-corrected chi connectivity index (χ1v) is 6.42. The van der Waals surface area contributed by atoms with Crippen molar-refractivity contribution in [3.63, 3.8) is 0 Å². The van der Waals surface area contributed by atoms with E-state index in [0.29, 0.717) is 11.6 Å². The van der Waals surface area contributed by atoms with Crippen LogP contribution < -0.4 is 5.32 Å². The first-order chi connectivity index (χ1) is 8.72. The molecular weight excluding hydrogens is 250 g/mol. The van der Waals surface area contributed by atoms with Gasteiger partial charge in [0.05, 0.1) is 0 Å². The summed E-state index contributed by atoms with van der Waals surface area (Å²) in [6.07, 6.45) is 5.86. The lowest BCUT2D eigenvalue weighted by molar-refractivity contribution is -0.116. The van der Waals surface area contributed by atoms with Crippen molar-refractivity contribution in [3.8, 4) is 0 Å². The molecule has 0 atom stereocenters.